The normalized spacial score (nSPS) is 19.1. The summed E-state index contributed by atoms with van der Waals surface area (Å²) in [5.41, 5.74) is 4.81. The minimum absolute atomic E-state index is 0. The van der Waals surface area contributed by atoms with E-state index in [-0.39, 0.29) is 34.1 Å². The quantitative estimate of drug-likeness (QED) is 0.487. The van der Waals surface area contributed by atoms with Crippen molar-refractivity contribution in [3.05, 3.63) is 77.4 Å². The highest BCUT2D eigenvalue weighted by Crippen LogP contribution is 2.51. The Balaban J connectivity index is 0.00000176. The first kappa shape index (κ1) is 23.6. The van der Waals surface area contributed by atoms with Crippen molar-refractivity contribution < 1.29 is 27.0 Å². The standard InChI is InChI=1S/C30H30N2O5.2H2/c1-19-4-10-23(31-29(35)30(12-13-30)22-9-11-26-27(15-22)37-18-36-26)16-25(19)20-5-7-21(8-6-20)28(34)32-14-2-3-24(32)17-33;;/h4-11,15-16,24,33H,2-3,12-14,17-18H2,1H3,(H,31,35);2*1H. The third-order valence-electron chi connectivity index (χ3n) is 7.90. The third-order valence-corrected chi connectivity index (χ3v) is 7.90. The van der Waals surface area contributed by atoms with E-state index in [1.54, 1.807) is 4.90 Å². The summed E-state index contributed by atoms with van der Waals surface area (Å²) in [6.45, 7) is 2.92. The molecule has 3 aromatic carbocycles. The van der Waals surface area contributed by atoms with Crippen molar-refractivity contribution in [2.45, 2.75) is 44.1 Å². The number of amides is 2. The van der Waals surface area contributed by atoms with Gasteiger partial charge < -0.3 is 24.8 Å². The lowest BCUT2D eigenvalue weighted by atomic mass is 9.94. The zero-order chi connectivity index (χ0) is 25.6. The molecule has 1 saturated heterocycles. The third kappa shape index (κ3) is 4.23. The Morgan fingerprint density at radius 2 is 1.84 bits per heavy atom. The highest BCUT2D eigenvalue weighted by atomic mass is 16.7. The Hall–Kier alpha value is -3.84. The molecule has 7 nitrogen and oxygen atoms in total. The molecule has 37 heavy (non-hydrogen) atoms. The van der Waals surface area contributed by atoms with Crippen molar-refractivity contribution in [1.82, 2.24) is 4.90 Å². The molecular formula is C30H34N2O5. The van der Waals surface area contributed by atoms with Crippen molar-refractivity contribution in [1.29, 1.82) is 0 Å². The SMILES string of the molecule is Cc1ccc(NC(=O)C2(c3ccc4c(c3)OCO4)CC2)cc1-c1ccc(C(=O)N2CCCC2CO)cc1.[HH].[HH]. The largest absolute Gasteiger partial charge is 0.454 e. The van der Waals surface area contributed by atoms with Gasteiger partial charge in [0.05, 0.1) is 18.1 Å². The number of hydrogen-bond acceptors (Lipinski definition) is 5. The zero-order valence-electron chi connectivity index (χ0n) is 20.8. The van der Waals surface area contributed by atoms with Gasteiger partial charge in [0.15, 0.2) is 11.5 Å². The van der Waals surface area contributed by atoms with E-state index in [0.29, 0.717) is 23.6 Å². The number of rotatable bonds is 6. The maximum Gasteiger partial charge on any atom is 0.254 e. The highest BCUT2D eigenvalue weighted by Gasteiger charge is 2.51. The van der Waals surface area contributed by atoms with Gasteiger partial charge in [-0.15, -0.1) is 0 Å². The zero-order valence-corrected chi connectivity index (χ0v) is 20.8. The van der Waals surface area contributed by atoms with Crippen LogP contribution >= 0.6 is 0 Å². The number of likely N-dealkylation sites (tertiary alicyclic amines) is 1. The molecule has 1 atom stereocenters. The van der Waals surface area contributed by atoms with Crippen LogP contribution < -0.4 is 14.8 Å². The molecule has 0 radical (unpaired) electrons. The number of aryl methyl sites for hydroxylation is 1. The maximum absolute atomic E-state index is 13.4. The summed E-state index contributed by atoms with van der Waals surface area (Å²) in [7, 11) is 0. The number of fused-ring (bicyclic) bond motifs is 1. The molecule has 2 amide bonds. The van der Waals surface area contributed by atoms with Gasteiger partial charge in [0.2, 0.25) is 12.7 Å². The van der Waals surface area contributed by atoms with Crippen LogP contribution in [0, 0.1) is 6.92 Å². The first-order valence-electron chi connectivity index (χ1n) is 12.8. The second kappa shape index (κ2) is 9.23. The summed E-state index contributed by atoms with van der Waals surface area (Å²) < 4.78 is 10.9. The van der Waals surface area contributed by atoms with Gasteiger partial charge in [0.25, 0.3) is 5.91 Å². The molecule has 194 valence electrons. The fraction of sp³-hybridized carbons (Fsp3) is 0.333. The first-order chi connectivity index (χ1) is 18.0. The summed E-state index contributed by atoms with van der Waals surface area (Å²) >= 11 is 0. The van der Waals surface area contributed by atoms with Gasteiger partial charge in [-0.2, -0.15) is 0 Å². The average molecular weight is 503 g/mol. The summed E-state index contributed by atoms with van der Waals surface area (Å²) in [5, 5.41) is 12.7. The lowest BCUT2D eigenvalue weighted by Crippen LogP contribution is -2.37. The van der Waals surface area contributed by atoms with Crippen LogP contribution in [0.5, 0.6) is 11.5 Å². The maximum atomic E-state index is 13.4. The molecule has 0 aromatic heterocycles. The van der Waals surface area contributed by atoms with Crippen molar-refractivity contribution >= 4 is 17.5 Å². The molecule has 3 aromatic rings. The van der Waals surface area contributed by atoms with Gasteiger partial charge in [0.1, 0.15) is 0 Å². The van der Waals surface area contributed by atoms with Crippen LogP contribution in [0.1, 0.15) is 50.0 Å². The van der Waals surface area contributed by atoms with Crippen molar-refractivity contribution in [3.63, 3.8) is 0 Å². The van der Waals surface area contributed by atoms with Gasteiger partial charge in [-0.3, -0.25) is 9.59 Å². The van der Waals surface area contributed by atoms with E-state index in [9.17, 15) is 14.7 Å². The van der Waals surface area contributed by atoms with Crippen molar-refractivity contribution in [2.75, 3.05) is 25.3 Å². The van der Waals surface area contributed by atoms with E-state index in [4.69, 9.17) is 9.47 Å². The van der Waals surface area contributed by atoms with Gasteiger partial charge >= 0.3 is 0 Å². The Morgan fingerprint density at radius 3 is 2.59 bits per heavy atom. The Morgan fingerprint density at radius 1 is 1.05 bits per heavy atom. The number of benzene rings is 3. The second-order valence-corrected chi connectivity index (χ2v) is 10.2. The van der Waals surface area contributed by atoms with E-state index in [0.717, 1.165) is 53.6 Å². The fourth-order valence-corrected chi connectivity index (χ4v) is 5.48. The minimum Gasteiger partial charge on any atom is -0.454 e. The molecule has 3 aliphatic rings. The fourth-order valence-electron chi connectivity index (χ4n) is 5.48. The smallest absolute Gasteiger partial charge is 0.254 e. The summed E-state index contributed by atoms with van der Waals surface area (Å²) in [4.78, 5) is 28.1. The summed E-state index contributed by atoms with van der Waals surface area (Å²) in [6, 6.07) is 19.1. The predicted molar refractivity (Wildman–Crippen MR) is 144 cm³/mol. The Labute approximate surface area is 219 Å². The van der Waals surface area contributed by atoms with Crippen LogP contribution in [0.15, 0.2) is 60.7 Å². The number of aliphatic hydroxyl groups is 1. The van der Waals surface area contributed by atoms with Gasteiger partial charge in [-0.25, -0.2) is 0 Å². The molecule has 1 unspecified atom stereocenters. The first-order valence-corrected chi connectivity index (χ1v) is 12.8. The lowest BCUT2D eigenvalue weighted by Gasteiger charge is -2.23. The van der Waals surface area contributed by atoms with Crippen LogP contribution in [0.2, 0.25) is 0 Å². The molecule has 6 rings (SSSR count). The number of ether oxygens (including phenoxy) is 2. The Bertz CT molecular complexity index is 1370. The molecule has 7 heteroatoms. The van der Waals surface area contributed by atoms with E-state index in [2.05, 4.69) is 5.32 Å². The summed E-state index contributed by atoms with van der Waals surface area (Å²) in [6.07, 6.45) is 3.35. The Kier molecular flexibility index (Phi) is 5.88. The van der Waals surface area contributed by atoms with E-state index in [1.807, 2.05) is 67.6 Å². The number of aliphatic hydroxyl groups excluding tert-OH is 1. The van der Waals surface area contributed by atoms with Gasteiger partial charge in [0, 0.05) is 20.6 Å². The minimum atomic E-state index is -0.546. The van der Waals surface area contributed by atoms with E-state index in [1.165, 1.54) is 0 Å². The molecule has 0 bridgehead atoms. The van der Waals surface area contributed by atoms with Crippen molar-refractivity contribution in [2.24, 2.45) is 0 Å². The molecule has 2 N–H and O–H groups in total. The van der Waals surface area contributed by atoms with Gasteiger partial charge in [-0.05, 0) is 91.3 Å². The number of carbonyl (C=O) groups excluding carboxylic acids is 2. The van der Waals surface area contributed by atoms with Crippen LogP contribution in [0.3, 0.4) is 0 Å². The number of hydrogen-bond donors (Lipinski definition) is 2. The van der Waals surface area contributed by atoms with Crippen LogP contribution in [0.4, 0.5) is 5.69 Å². The van der Waals surface area contributed by atoms with E-state index < -0.39 is 5.41 Å². The molecule has 2 heterocycles. The van der Waals surface area contributed by atoms with Crippen LogP contribution in [-0.4, -0.2) is 47.8 Å². The second-order valence-electron chi connectivity index (χ2n) is 10.2. The molecular weight excluding hydrogens is 468 g/mol. The lowest BCUT2D eigenvalue weighted by molar-refractivity contribution is -0.118. The number of nitrogens with one attached hydrogen (secondary N) is 1. The molecule has 0 spiro atoms. The van der Waals surface area contributed by atoms with Gasteiger partial charge in [-0.1, -0.05) is 24.3 Å². The predicted octanol–water partition coefficient (Wildman–Crippen LogP) is 5.15. The molecule has 1 saturated carbocycles. The number of anilines is 1. The molecule has 1 aliphatic carbocycles. The topological polar surface area (TPSA) is 88.1 Å². The summed E-state index contributed by atoms with van der Waals surface area (Å²) in [5.74, 6) is 1.34. The number of carbonyl (C=O) groups is 2. The monoisotopic (exact) mass is 502 g/mol. The molecule has 2 aliphatic heterocycles. The van der Waals surface area contributed by atoms with E-state index >= 15 is 0 Å². The molecule has 2 fully saturated rings. The van der Waals surface area contributed by atoms with Crippen LogP contribution in [-0.2, 0) is 10.2 Å². The average Bonchev–Trinajstić information content (AvgIpc) is 3.37. The highest BCUT2D eigenvalue weighted by molar-refractivity contribution is 6.02. The van der Waals surface area contributed by atoms with Crippen LogP contribution in [0.25, 0.3) is 11.1 Å². The van der Waals surface area contributed by atoms with Crippen molar-refractivity contribution in [3.8, 4) is 22.6 Å². The number of nitrogens with zero attached hydrogens (tertiary/aromatic N) is 1.